The number of aromatic nitrogens is 4. The van der Waals surface area contributed by atoms with Gasteiger partial charge in [-0.1, -0.05) is 0 Å². The van der Waals surface area contributed by atoms with E-state index < -0.39 is 0 Å². The molecule has 0 atom stereocenters. The summed E-state index contributed by atoms with van der Waals surface area (Å²) < 4.78 is 0. The molecular weight excluding hydrogens is 408 g/mol. The molecule has 0 fully saturated rings. The third kappa shape index (κ3) is 3.63. The molecule has 3 aromatic rings. The van der Waals surface area contributed by atoms with Gasteiger partial charge >= 0.3 is 0 Å². The fourth-order valence-corrected chi connectivity index (χ4v) is 4.69. The number of H-pyrrole nitrogens is 2. The maximum absolute atomic E-state index is 4.84. The summed E-state index contributed by atoms with van der Waals surface area (Å²) >= 11 is 0. The summed E-state index contributed by atoms with van der Waals surface area (Å²) in [6.07, 6.45) is 12.8. The van der Waals surface area contributed by atoms with E-state index in [-0.39, 0.29) is 6.17 Å². The summed E-state index contributed by atoms with van der Waals surface area (Å²) in [6, 6.07) is 14.8. The molecular formula is C27H26N6. The molecule has 3 aromatic heterocycles. The van der Waals surface area contributed by atoms with Gasteiger partial charge in [0.25, 0.3) is 0 Å². The van der Waals surface area contributed by atoms with Crippen LogP contribution >= 0.6 is 0 Å². The Hall–Kier alpha value is -4.06. The van der Waals surface area contributed by atoms with Gasteiger partial charge < -0.3 is 19.8 Å². The minimum absolute atomic E-state index is 0.154. The van der Waals surface area contributed by atoms with Crippen LogP contribution in [0.2, 0.25) is 0 Å². The summed E-state index contributed by atoms with van der Waals surface area (Å²) in [5.41, 5.74) is 9.13. The van der Waals surface area contributed by atoms with Crippen molar-refractivity contribution in [3.05, 3.63) is 83.2 Å². The second-order valence-electron chi connectivity index (χ2n) is 8.46. The van der Waals surface area contributed by atoms with Crippen molar-refractivity contribution in [2.75, 3.05) is 13.1 Å². The first-order chi connectivity index (χ1) is 16.2. The smallest absolute Gasteiger partial charge is 0.129 e. The lowest BCUT2D eigenvalue weighted by Crippen LogP contribution is -2.30. The molecule has 8 bridgehead atoms. The van der Waals surface area contributed by atoms with Crippen LogP contribution in [0, 0.1) is 0 Å². The maximum atomic E-state index is 4.84. The van der Waals surface area contributed by atoms with Crippen LogP contribution in [0.25, 0.3) is 46.4 Å². The van der Waals surface area contributed by atoms with E-state index in [2.05, 4.69) is 107 Å². The third-order valence-electron chi connectivity index (χ3n) is 6.29. The van der Waals surface area contributed by atoms with Crippen molar-refractivity contribution in [1.29, 1.82) is 0 Å². The largest absolute Gasteiger partial charge is 0.355 e. The van der Waals surface area contributed by atoms with Gasteiger partial charge in [0.15, 0.2) is 0 Å². The Morgan fingerprint density at radius 1 is 0.667 bits per heavy atom. The molecule has 6 heterocycles. The highest BCUT2D eigenvalue weighted by Crippen LogP contribution is 2.34. The van der Waals surface area contributed by atoms with Crippen molar-refractivity contribution >= 4 is 46.4 Å². The van der Waals surface area contributed by atoms with E-state index in [1.807, 2.05) is 6.08 Å². The van der Waals surface area contributed by atoms with Crippen molar-refractivity contribution in [3.8, 4) is 0 Å². The molecule has 0 saturated heterocycles. The first-order valence-corrected chi connectivity index (χ1v) is 11.5. The summed E-state index contributed by atoms with van der Waals surface area (Å²) in [4.78, 5) is 21.4. The number of fused-ring (bicyclic) bond motifs is 8. The van der Waals surface area contributed by atoms with E-state index in [0.717, 1.165) is 57.9 Å². The van der Waals surface area contributed by atoms with E-state index in [1.54, 1.807) is 0 Å². The van der Waals surface area contributed by atoms with Crippen LogP contribution in [0.5, 0.6) is 0 Å². The quantitative estimate of drug-likeness (QED) is 0.378. The van der Waals surface area contributed by atoms with Gasteiger partial charge in [-0.05, 0) is 80.6 Å². The molecule has 0 unspecified atom stereocenters. The third-order valence-corrected chi connectivity index (χ3v) is 6.29. The molecule has 6 rings (SSSR count). The Morgan fingerprint density at radius 3 is 1.73 bits per heavy atom. The second kappa shape index (κ2) is 7.81. The van der Waals surface area contributed by atoms with E-state index in [1.165, 1.54) is 5.56 Å². The predicted octanol–water partition coefficient (Wildman–Crippen LogP) is 5.78. The number of nitrogens with one attached hydrogen (secondary N) is 2. The monoisotopic (exact) mass is 434 g/mol. The van der Waals surface area contributed by atoms with Crippen LogP contribution in [0.15, 0.2) is 54.9 Å². The molecule has 33 heavy (non-hydrogen) atoms. The fraction of sp³-hybridized carbons (Fsp3) is 0.185. The number of hydrogen-bond acceptors (Lipinski definition) is 4. The zero-order chi connectivity index (χ0) is 22.4. The minimum atomic E-state index is 0.154. The molecule has 6 nitrogen and oxygen atoms in total. The first kappa shape index (κ1) is 19.6. The lowest BCUT2D eigenvalue weighted by atomic mass is 10.1. The Morgan fingerprint density at radius 2 is 1.18 bits per heavy atom. The van der Waals surface area contributed by atoms with Crippen molar-refractivity contribution in [3.63, 3.8) is 0 Å². The number of rotatable bonds is 3. The number of hydrogen-bond donors (Lipinski definition) is 2. The average Bonchev–Trinajstić information content (AvgIpc) is 3.61. The van der Waals surface area contributed by atoms with Crippen molar-refractivity contribution in [2.45, 2.75) is 20.0 Å². The lowest BCUT2D eigenvalue weighted by Gasteiger charge is -2.31. The summed E-state index contributed by atoms with van der Waals surface area (Å²) in [7, 11) is 0. The Labute approximate surface area is 192 Å². The minimum Gasteiger partial charge on any atom is -0.355 e. The van der Waals surface area contributed by atoms with Gasteiger partial charge in [-0.25, -0.2) is 9.97 Å². The predicted molar refractivity (Wildman–Crippen MR) is 135 cm³/mol. The topological polar surface area (TPSA) is 63.8 Å². The highest BCUT2D eigenvalue weighted by atomic mass is 15.4. The Balaban J connectivity index is 1.62. The highest BCUT2D eigenvalue weighted by molar-refractivity contribution is 5.78. The molecule has 0 spiro atoms. The SMILES string of the molecule is CCN1C=CN(CC)C1c1cc2cc3nc(cc4ccc(cc5nc(cc1[nH]2)C=C5)[nH]4)C=C3. The Kier molecular flexibility index (Phi) is 4.64. The zero-order valence-corrected chi connectivity index (χ0v) is 18.8. The first-order valence-electron chi connectivity index (χ1n) is 11.5. The van der Waals surface area contributed by atoms with Crippen LogP contribution in [-0.2, 0) is 0 Å². The highest BCUT2D eigenvalue weighted by Gasteiger charge is 2.27. The van der Waals surface area contributed by atoms with Crippen LogP contribution < -0.4 is 0 Å². The molecule has 2 N–H and O–H groups in total. The van der Waals surface area contributed by atoms with E-state index in [0.29, 0.717) is 0 Å². The van der Waals surface area contributed by atoms with Gasteiger partial charge in [0.2, 0.25) is 0 Å². The maximum Gasteiger partial charge on any atom is 0.129 e. The van der Waals surface area contributed by atoms with Crippen LogP contribution in [0.4, 0.5) is 0 Å². The van der Waals surface area contributed by atoms with Gasteiger partial charge in [-0.3, -0.25) is 0 Å². The summed E-state index contributed by atoms with van der Waals surface area (Å²) in [5.74, 6) is 0. The fourth-order valence-electron chi connectivity index (χ4n) is 4.69. The van der Waals surface area contributed by atoms with Crippen LogP contribution in [-0.4, -0.2) is 42.8 Å². The van der Waals surface area contributed by atoms with Crippen molar-refractivity contribution in [2.24, 2.45) is 0 Å². The van der Waals surface area contributed by atoms with Gasteiger partial charge in [-0.2, -0.15) is 0 Å². The molecule has 0 radical (unpaired) electrons. The van der Waals surface area contributed by atoms with Gasteiger partial charge in [-0.15, -0.1) is 0 Å². The van der Waals surface area contributed by atoms with Gasteiger partial charge in [0.1, 0.15) is 6.17 Å². The summed E-state index contributed by atoms with van der Waals surface area (Å²) in [5, 5.41) is 0. The summed E-state index contributed by atoms with van der Waals surface area (Å²) in [6.45, 7) is 6.27. The van der Waals surface area contributed by atoms with Crippen molar-refractivity contribution in [1.82, 2.24) is 29.7 Å². The lowest BCUT2D eigenvalue weighted by molar-refractivity contribution is 0.167. The molecule has 0 aromatic carbocycles. The molecule has 0 saturated carbocycles. The van der Waals surface area contributed by atoms with E-state index in [4.69, 9.17) is 9.97 Å². The standard InChI is InChI=1S/C27H26N6/c1-3-32-11-12-33(4-2)27(32)25-16-24-15-22-8-7-20(29-22)13-18-5-6-19(28-18)14-21-9-10-23(30-21)17-26(25)31-24/h5-17,27-28,31H,3-4H2,1-2H3. The van der Waals surface area contributed by atoms with Gasteiger partial charge in [0, 0.05) is 53.1 Å². The molecule has 3 aliphatic heterocycles. The number of nitrogens with zero attached hydrogens (tertiary/aromatic N) is 4. The molecule has 0 aliphatic carbocycles. The normalized spacial score (nSPS) is 15.2. The number of aromatic amines is 2. The molecule has 164 valence electrons. The Bertz CT molecular complexity index is 1450. The zero-order valence-electron chi connectivity index (χ0n) is 18.8. The molecule has 6 heteroatoms. The van der Waals surface area contributed by atoms with E-state index in [9.17, 15) is 0 Å². The molecule has 0 amide bonds. The van der Waals surface area contributed by atoms with Crippen molar-refractivity contribution < 1.29 is 0 Å². The van der Waals surface area contributed by atoms with Crippen LogP contribution in [0.3, 0.4) is 0 Å². The van der Waals surface area contributed by atoms with Crippen LogP contribution in [0.1, 0.15) is 48.4 Å². The van der Waals surface area contributed by atoms with E-state index >= 15 is 0 Å². The second-order valence-corrected chi connectivity index (χ2v) is 8.46. The average molecular weight is 435 g/mol. The molecule has 3 aliphatic rings. The van der Waals surface area contributed by atoms with Gasteiger partial charge in [0.05, 0.1) is 22.8 Å².